The van der Waals surface area contributed by atoms with Crippen molar-refractivity contribution in [2.24, 2.45) is 0 Å². The largest absolute Gasteiger partial charge is 0.354 e. The SMILES string of the molecule is Cc1ncc(-c2ccnc(C3(C#N)CCNCC3)c2)nc1-c1cc(-c2ccccc2)no1. The van der Waals surface area contributed by atoms with Crippen LogP contribution in [0.4, 0.5) is 0 Å². The van der Waals surface area contributed by atoms with Crippen molar-refractivity contribution in [2.75, 3.05) is 13.1 Å². The van der Waals surface area contributed by atoms with E-state index in [4.69, 9.17) is 9.51 Å². The molecule has 7 heteroatoms. The number of aryl methyl sites for hydroxylation is 1. The van der Waals surface area contributed by atoms with Crippen LogP contribution in [-0.4, -0.2) is 33.2 Å². The van der Waals surface area contributed by atoms with Crippen LogP contribution in [0.25, 0.3) is 34.0 Å². The Morgan fingerprint density at radius 3 is 2.59 bits per heavy atom. The van der Waals surface area contributed by atoms with Crippen molar-refractivity contribution in [3.63, 3.8) is 0 Å². The van der Waals surface area contributed by atoms with E-state index in [1.54, 1.807) is 12.4 Å². The fourth-order valence-corrected chi connectivity index (χ4v) is 4.08. The number of rotatable bonds is 4. The summed E-state index contributed by atoms with van der Waals surface area (Å²) in [5.41, 5.74) is 4.92. The van der Waals surface area contributed by atoms with E-state index in [-0.39, 0.29) is 0 Å². The quantitative estimate of drug-likeness (QED) is 0.523. The lowest BCUT2D eigenvalue weighted by Crippen LogP contribution is -2.39. The highest BCUT2D eigenvalue weighted by atomic mass is 16.5. The number of piperidine rings is 1. The molecule has 32 heavy (non-hydrogen) atoms. The minimum absolute atomic E-state index is 0.567. The highest BCUT2D eigenvalue weighted by Gasteiger charge is 2.35. The van der Waals surface area contributed by atoms with Crippen LogP contribution in [0, 0.1) is 18.3 Å². The standard InChI is InChI=1S/C25H22N6O/c1-17-24(22-14-20(31-32-22)18-5-3-2-4-6-18)30-21(15-29-17)19-7-10-28-23(13-19)25(16-26)8-11-27-12-9-25/h2-7,10,13-15,27H,8-9,11-12H2,1H3. The maximum absolute atomic E-state index is 9.92. The average molecular weight is 422 g/mol. The first-order valence-corrected chi connectivity index (χ1v) is 10.6. The van der Waals surface area contributed by atoms with Crippen molar-refractivity contribution >= 4 is 0 Å². The first kappa shape index (κ1) is 20.0. The summed E-state index contributed by atoms with van der Waals surface area (Å²) in [6.07, 6.45) is 4.97. The third-order valence-corrected chi connectivity index (χ3v) is 5.99. The highest BCUT2D eigenvalue weighted by molar-refractivity contribution is 5.68. The van der Waals surface area contributed by atoms with Crippen molar-refractivity contribution in [3.8, 4) is 40.0 Å². The summed E-state index contributed by atoms with van der Waals surface area (Å²) in [5, 5.41) is 17.4. The fourth-order valence-electron chi connectivity index (χ4n) is 4.08. The molecule has 0 amide bonds. The molecule has 3 aromatic heterocycles. The van der Waals surface area contributed by atoms with Crippen LogP contribution in [0.1, 0.15) is 24.2 Å². The van der Waals surface area contributed by atoms with Gasteiger partial charge in [-0.1, -0.05) is 35.5 Å². The van der Waals surface area contributed by atoms with Crippen LogP contribution >= 0.6 is 0 Å². The van der Waals surface area contributed by atoms with Gasteiger partial charge < -0.3 is 9.84 Å². The monoisotopic (exact) mass is 422 g/mol. The topological polar surface area (TPSA) is 101 Å². The van der Waals surface area contributed by atoms with Gasteiger partial charge in [-0.25, -0.2) is 4.98 Å². The summed E-state index contributed by atoms with van der Waals surface area (Å²) in [6.45, 7) is 3.51. The van der Waals surface area contributed by atoms with Gasteiger partial charge in [-0.15, -0.1) is 0 Å². The smallest absolute Gasteiger partial charge is 0.187 e. The molecular formula is C25H22N6O. The molecule has 1 fully saturated rings. The van der Waals surface area contributed by atoms with Gasteiger partial charge in [-0.2, -0.15) is 5.26 Å². The van der Waals surface area contributed by atoms with Gasteiger partial charge in [0.25, 0.3) is 0 Å². The lowest BCUT2D eigenvalue weighted by atomic mass is 9.77. The van der Waals surface area contributed by atoms with E-state index in [9.17, 15) is 5.26 Å². The Morgan fingerprint density at radius 2 is 1.81 bits per heavy atom. The number of hydrogen-bond acceptors (Lipinski definition) is 7. The van der Waals surface area contributed by atoms with Crippen LogP contribution in [0.2, 0.25) is 0 Å². The number of pyridine rings is 1. The molecule has 0 aliphatic carbocycles. The molecule has 1 N–H and O–H groups in total. The van der Waals surface area contributed by atoms with Crippen molar-refractivity contribution in [1.82, 2.24) is 25.4 Å². The molecule has 1 saturated heterocycles. The maximum atomic E-state index is 9.92. The summed E-state index contributed by atoms with van der Waals surface area (Å²) in [5.74, 6) is 0.567. The van der Waals surface area contributed by atoms with Crippen LogP contribution in [0.15, 0.2) is 65.4 Å². The maximum Gasteiger partial charge on any atom is 0.187 e. The van der Waals surface area contributed by atoms with Crippen LogP contribution in [0.3, 0.4) is 0 Å². The van der Waals surface area contributed by atoms with E-state index in [1.165, 1.54) is 0 Å². The minimum atomic E-state index is -0.572. The molecule has 5 rings (SSSR count). The molecule has 0 atom stereocenters. The minimum Gasteiger partial charge on any atom is -0.354 e. The molecule has 0 saturated carbocycles. The second kappa shape index (κ2) is 8.33. The molecule has 158 valence electrons. The summed E-state index contributed by atoms with van der Waals surface area (Å²) >= 11 is 0. The van der Waals surface area contributed by atoms with Gasteiger partial charge in [0.15, 0.2) is 5.76 Å². The van der Waals surface area contributed by atoms with Crippen molar-refractivity contribution in [1.29, 1.82) is 5.26 Å². The summed E-state index contributed by atoms with van der Waals surface area (Å²) in [7, 11) is 0. The zero-order chi connectivity index (χ0) is 22.0. The van der Waals surface area contributed by atoms with Gasteiger partial charge in [0.05, 0.1) is 29.3 Å². The van der Waals surface area contributed by atoms with Crippen molar-refractivity contribution < 1.29 is 4.52 Å². The predicted molar refractivity (Wildman–Crippen MR) is 120 cm³/mol. The molecule has 0 spiro atoms. The van der Waals surface area contributed by atoms with Gasteiger partial charge >= 0.3 is 0 Å². The Labute approximate surface area is 186 Å². The van der Waals surface area contributed by atoms with E-state index in [0.29, 0.717) is 17.1 Å². The Kier molecular flexibility index (Phi) is 5.21. The van der Waals surface area contributed by atoms with E-state index < -0.39 is 5.41 Å². The van der Waals surface area contributed by atoms with Crippen LogP contribution in [-0.2, 0) is 5.41 Å². The van der Waals surface area contributed by atoms with E-state index >= 15 is 0 Å². The second-order valence-corrected chi connectivity index (χ2v) is 8.01. The van der Waals surface area contributed by atoms with Gasteiger partial charge in [0.1, 0.15) is 16.8 Å². The molecule has 0 unspecified atom stereocenters. The van der Waals surface area contributed by atoms with E-state index in [1.807, 2.05) is 55.5 Å². The highest BCUT2D eigenvalue weighted by Crippen LogP contribution is 2.34. The molecule has 4 aromatic rings. The van der Waals surface area contributed by atoms with Gasteiger partial charge in [0, 0.05) is 23.4 Å². The molecule has 4 heterocycles. The fraction of sp³-hybridized carbons (Fsp3) is 0.240. The third kappa shape index (κ3) is 3.66. The van der Waals surface area contributed by atoms with Gasteiger partial charge in [0.2, 0.25) is 0 Å². The number of aromatic nitrogens is 4. The van der Waals surface area contributed by atoms with E-state index in [0.717, 1.165) is 54.1 Å². The molecule has 0 bridgehead atoms. The summed E-state index contributed by atoms with van der Waals surface area (Å²) < 4.78 is 5.61. The Balaban J connectivity index is 1.51. The summed E-state index contributed by atoms with van der Waals surface area (Å²) in [6, 6.07) is 18.1. The zero-order valence-corrected chi connectivity index (χ0v) is 17.7. The number of nitrogens with one attached hydrogen (secondary N) is 1. The van der Waals surface area contributed by atoms with Gasteiger partial charge in [-0.05, 0) is 45.0 Å². The van der Waals surface area contributed by atoms with Crippen LogP contribution < -0.4 is 5.32 Å². The number of nitrogens with zero attached hydrogens (tertiary/aromatic N) is 5. The first-order chi connectivity index (χ1) is 15.7. The molecule has 1 aliphatic heterocycles. The Morgan fingerprint density at radius 1 is 1.00 bits per heavy atom. The summed E-state index contributed by atoms with van der Waals surface area (Å²) in [4.78, 5) is 13.9. The molecular weight excluding hydrogens is 400 g/mol. The third-order valence-electron chi connectivity index (χ3n) is 5.99. The zero-order valence-electron chi connectivity index (χ0n) is 17.7. The molecule has 7 nitrogen and oxygen atoms in total. The average Bonchev–Trinajstić information content (AvgIpc) is 3.35. The Hall–Kier alpha value is -3.89. The normalized spacial score (nSPS) is 15.2. The molecule has 0 radical (unpaired) electrons. The Bertz CT molecular complexity index is 1290. The van der Waals surface area contributed by atoms with Crippen LogP contribution in [0.5, 0.6) is 0 Å². The van der Waals surface area contributed by atoms with E-state index in [2.05, 4.69) is 26.5 Å². The van der Waals surface area contributed by atoms with Crippen molar-refractivity contribution in [2.45, 2.75) is 25.2 Å². The first-order valence-electron chi connectivity index (χ1n) is 10.6. The predicted octanol–water partition coefficient (Wildman–Crippen LogP) is 4.31. The molecule has 1 aromatic carbocycles. The molecule has 1 aliphatic rings. The number of nitriles is 1. The lowest BCUT2D eigenvalue weighted by Gasteiger charge is -2.30. The van der Waals surface area contributed by atoms with Gasteiger partial charge in [-0.3, -0.25) is 9.97 Å². The van der Waals surface area contributed by atoms with Crippen molar-refractivity contribution in [3.05, 3.63) is 72.3 Å². The lowest BCUT2D eigenvalue weighted by molar-refractivity contribution is 0.375. The number of hydrogen-bond donors (Lipinski definition) is 1. The second-order valence-electron chi connectivity index (χ2n) is 8.01. The number of benzene rings is 1.